The van der Waals surface area contributed by atoms with Gasteiger partial charge >= 0.3 is 6.18 Å². The van der Waals surface area contributed by atoms with Crippen LogP contribution in [0.25, 0.3) is 0 Å². The Labute approximate surface area is 168 Å². The zero-order valence-electron chi connectivity index (χ0n) is 15.6. The quantitative estimate of drug-likeness (QED) is 0.461. The van der Waals surface area contributed by atoms with E-state index in [4.69, 9.17) is 17.3 Å². The van der Waals surface area contributed by atoms with Crippen molar-refractivity contribution < 1.29 is 13.2 Å². The Morgan fingerprint density at radius 2 is 1.71 bits per heavy atom. The molecule has 0 aliphatic rings. The van der Waals surface area contributed by atoms with Crippen molar-refractivity contribution >= 4 is 16.8 Å². The van der Waals surface area contributed by atoms with Crippen LogP contribution in [0.5, 0.6) is 0 Å². The van der Waals surface area contributed by atoms with Crippen LogP contribution in [0, 0.1) is 0 Å². The lowest BCUT2D eigenvalue weighted by Gasteiger charge is -2.12. The van der Waals surface area contributed by atoms with Crippen molar-refractivity contribution in [1.82, 2.24) is 5.32 Å². The standard InChI is InChI=1S/C21H23ClF3N3/c1-15(26)18(11-12-27-13-16-7-3-2-4-8-16)20(22)28-14-17-9-5-6-10-19(17)21(23,24)25/h2-10,27H,11-14,26H2,1H3/b18-15-,28-20?. The molecule has 0 amide bonds. The second-order valence-electron chi connectivity index (χ2n) is 6.34. The van der Waals surface area contributed by atoms with Gasteiger partial charge in [0.1, 0.15) is 5.17 Å². The van der Waals surface area contributed by atoms with Crippen LogP contribution in [0.4, 0.5) is 13.2 Å². The maximum atomic E-state index is 13.1. The van der Waals surface area contributed by atoms with E-state index in [2.05, 4.69) is 10.3 Å². The van der Waals surface area contributed by atoms with Gasteiger partial charge in [-0.3, -0.25) is 4.99 Å². The summed E-state index contributed by atoms with van der Waals surface area (Å²) in [6, 6.07) is 15.3. The van der Waals surface area contributed by atoms with Crippen molar-refractivity contribution in [2.45, 2.75) is 32.6 Å². The number of nitrogens with zero attached hydrogens (tertiary/aromatic N) is 1. The second kappa shape index (κ2) is 10.3. The lowest BCUT2D eigenvalue weighted by atomic mass is 10.1. The Hall–Kier alpha value is -2.31. The number of benzene rings is 2. The average Bonchev–Trinajstić information content (AvgIpc) is 2.66. The zero-order valence-corrected chi connectivity index (χ0v) is 16.3. The molecule has 0 fully saturated rings. The number of halogens is 4. The van der Waals surface area contributed by atoms with Gasteiger partial charge in [0.05, 0.1) is 12.1 Å². The summed E-state index contributed by atoms with van der Waals surface area (Å²) in [7, 11) is 0. The van der Waals surface area contributed by atoms with Gasteiger partial charge in [0.15, 0.2) is 0 Å². The summed E-state index contributed by atoms with van der Waals surface area (Å²) < 4.78 is 39.3. The predicted molar refractivity (Wildman–Crippen MR) is 108 cm³/mol. The highest BCUT2D eigenvalue weighted by molar-refractivity contribution is 6.69. The van der Waals surface area contributed by atoms with Crippen LogP contribution in [0.2, 0.25) is 0 Å². The van der Waals surface area contributed by atoms with Crippen molar-refractivity contribution in [2.75, 3.05) is 6.54 Å². The number of nitrogens with one attached hydrogen (secondary N) is 1. The molecule has 28 heavy (non-hydrogen) atoms. The first kappa shape index (κ1) is 22.0. The minimum absolute atomic E-state index is 0.0735. The minimum Gasteiger partial charge on any atom is -0.402 e. The van der Waals surface area contributed by atoms with Gasteiger partial charge in [-0.1, -0.05) is 60.1 Å². The third-order valence-corrected chi connectivity index (χ3v) is 4.51. The molecule has 0 aliphatic heterocycles. The van der Waals surface area contributed by atoms with Gasteiger partial charge in [-0.15, -0.1) is 0 Å². The summed E-state index contributed by atoms with van der Waals surface area (Å²) in [5.41, 5.74) is 7.56. The van der Waals surface area contributed by atoms with Crippen molar-refractivity contribution in [3.63, 3.8) is 0 Å². The molecule has 0 saturated carbocycles. The lowest BCUT2D eigenvalue weighted by molar-refractivity contribution is -0.138. The largest absolute Gasteiger partial charge is 0.416 e. The second-order valence-corrected chi connectivity index (χ2v) is 6.69. The molecule has 3 N–H and O–H groups in total. The van der Waals surface area contributed by atoms with Crippen molar-refractivity contribution in [3.8, 4) is 0 Å². The first-order chi connectivity index (χ1) is 13.3. The van der Waals surface area contributed by atoms with Crippen molar-refractivity contribution in [3.05, 3.63) is 82.6 Å². The average molecular weight is 410 g/mol. The summed E-state index contributed by atoms with van der Waals surface area (Å²) >= 11 is 6.26. The molecule has 0 radical (unpaired) electrons. The zero-order chi connectivity index (χ0) is 20.6. The molecule has 0 saturated heterocycles. The number of nitrogens with two attached hydrogens (primary N) is 1. The molecule has 0 heterocycles. The number of alkyl halides is 3. The fourth-order valence-corrected chi connectivity index (χ4v) is 2.99. The number of allylic oxidation sites excluding steroid dienone is 1. The van der Waals surface area contributed by atoms with Crippen LogP contribution in [0.1, 0.15) is 30.0 Å². The van der Waals surface area contributed by atoms with E-state index >= 15 is 0 Å². The first-order valence-electron chi connectivity index (χ1n) is 8.84. The Balaban J connectivity index is 1.99. The maximum Gasteiger partial charge on any atom is 0.416 e. The fraction of sp³-hybridized carbons (Fsp3) is 0.286. The molecule has 2 rings (SSSR count). The SMILES string of the molecule is C/C(N)=C(\CCNCc1ccccc1)C(Cl)=NCc1ccccc1C(F)(F)F. The van der Waals surface area contributed by atoms with Gasteiger partial charge in [0.25, 0.3) is 0 Å². The molecular formula is C21H23ClF3N3. The van der Waals surface area contributed by atoms with Gasteiger partial charge < -0.3 is 11.1 Å². The summed E-state index contributed by atoms with van der Waals surface area (Å²) in [6.45, 7) is 2.85. The highest BCUT2D eigenvalue weighted by atomic mass is 35.5. The molecule has 0 spiro atoms. The smallest absolute Gasteiger partial charge is 0.402 e. The van der Waals surface area contributed by atoms with Crippen LogP contribution in [0.15, 0.2) is 70.9 Å². The third-order valence-electron chi connectivity index (χ3n) is 4.16. The van der Waals surface area contributed by atoms with Crippen LogP contribution >= 0.6 is 11.6 Å². The van der Waals surface area contributed by atoms with Crippen LogP contribution in [0.3, 0.4) is 0 Å². The van der Waals surface area contributed by atoms with E-state index in [9.17, 15) is 13.2 Å². The molecule has 0 unspecified atom stereocenters. The number of rotatable bonds is 8. The highest BCUT2D eigenvalue weighted by Crippen LogP contribution is 2.32. The van der Waals surface area contributed by atoms with Crippen molar-refractivity contribution in [2.24, 2.45) is 10.7 Å². The Morgan fingerprint density at radius 1 is 1.07 bits per heavy atom. The Kier molecular flexibility index (Phi) is 8.08. The fourth-order valence-electron chi connectivity index (χ4n) is 2.69. The van der Waals surface area contributed by atoms with E-state index in [-0.39, 0.29) is 17.3 Å². The van der Waals surface area contributed by atoms with E-state index in [1.165, 1.54) is 12.1 Å². The van der Waals surface area contributed by atoms with E-state index in [1.54, 1.807) is 13.0 Å². The van der Waals surface area contributed by atoms with Gasteiger partial charge in [0, 0.05) is 17.8 Å². The third kappa shape index (κ3) is 6.69. The molecule has 0 atom stereocenters. The normalized spacial score (nSPS) is 13.4. The van der Waals surface area contributed by atoms with Gasteiger partial charge in [-0.25, -0.2) is 0 Å². The van der Waals surface area contributed by atoms with Gasteiger partial charge in [-0.2, -0.15) is 13.2 Å². The Morgan fingerprint density at radius 3 is 2.36 bits per heavy atom. The van der Waals surface area contributed by atoms with Crippen LogP contribution in [-0.4, -0.2) is 11.7 Å². The number of aliphatic imine (C=N–C) groups is 1. The number of hydrogen-bond donors (Lipinski definition) is 2. The summed E-state index contributed by atoms with van der Waals surface area (Å²) in [5, 5.41) is 3.43. The summed E-state index contributed by atoms with van der Waals surface area (Å²) in [4.78, 5) is 4.14. The predicted octanol–water partition coefficient (Wildman–Crippen LogP) is 5.26. The number of hydrogen-bond acceptors (Lipinski definition) is 3. The van der Waals surface area contributed by atoms with Gasteiger partial charge in [-0.05, 0) is 37.1 Å². The van der Waals surface area contributed by atoms with Crippen molar-refractivity contribution in [1.29, 1.82) is 0 Å². The van der Waals surface area contributed by atoms with Crippen LogP contribution < -0.4 is 11.1 Å². The maximum absolute atomic E-state index is 13.1. The molecular weight excluding hydrogens is 387 g/mol. The molecule has 3 nitrogen and oxygen atoms in total. The molecule has 0 aliphatic carbocycles. The first-order valence-corrected chi connectivity index (χ1v) is 9.22. The Bertz CT molecular complexity index is 826. The molecule has 0 aromatic heterocycles. The molecule has 2 aromatic carbocycles. The van der Waals surface area contributed by atoms with E-state index in [1.807, 2.05) is 30.3 Å². The molecule has 0 bridgehead atoms. The summed E-state index contributed by atoms with van der Waals surface area (Å²) in [6.07, 6.45) is -3.90. The lowest BCUT2D eigenvalue weighted by Crippen LogP contribution is -2.18. The van der Waals surface area contributed by atoms with E-state index in [0.29, 0.717) is 30.8 Å². The summed E-state index contributed by atoms with van der Waals surface area (Å²) in [5.74, 6) is 0. The molecule has 7 heteroatoms. The minimum atomic E-state index is -4.43. The van der Waals surface area contributed by atoms with E-state index < -0.39 is 11.7 Å². The highest BCUT2D eigenvalue weighted by Gasteiger charge is 2.32. The molecule has 2 aromatic rings. The monoisotopic (exact) mass is 409 g/mol. The molecule has 150 valence electrons. The topological polar surface area (TPSA) is 50.4 Å². The van der Waals surface area contributed by atoms with Crippen LogP contribution in [-0.2, 0) is 19.3 Å². The van der Waals surface area contributed by atoms with Gasteiger partial charge in [0.2, 0.25) is 0 Å². The van der Waals surface area contributed by atoms with E-state index in [0.717, 1.165) is 11.6 Å².